The maximum Gasteiger partial charge on any atom is 0.326 e. The smallest absolute Gasteiger partial charge is 0.326 e. The van der Waals surface area contributed by atoms with E-state index in [0.29, 0.717) is 19.6 Å². The van der Waals surface area contributed by atoms with E-state index >= 15 is 0 Å². The summed E-state index contributed by atoms with van der Waals surface area (Å²) >= 11 is 0. The van der Waals surface area contributed by atoms with E-state index in [9.17, 15) is 9.90 Å². The van der Waals surface area contributed by atoms with Crippen LogP contribution in [-0.2, 0) is 9.53 Å². The fourth-order valence-electron chi connectivity index (χ4n) is 1.70. The first kappa shape index (κ1) is 12.4. The van der Waals surface area contributed by atoms with Gasteiger partial charge in [-0.05, 0) is 26.9 Å². The highest BCUT2D eigenvalue weighted by molar-refractivity contribution is 5.79. The second-order valence-electron chi connectivity index (χ2n) is 4.27. The highest BCUT2D eigenvalue weighted by atomic mass is 16.5. The van der Waals surface area contributed by atoms with Gasteiger partial charge in [-0.25, -0.2) is 0 Å². The number of rotatable bonds is 5. The number of nitrogens with one attached hydrogen (secondary N) is 1. The quantitative estimate of drug-likeness (QED) is 0.665. The van der Waals surface area contributed by atoms with Crippen molar-refractivity contribution in [1.82, 2.24) is 10.2 Å². The van der Waals surface area contributed by atoms with Crippen LogP contribution in [0.3, 0.4) is 0 Å². The van der Waals surface area contributed by atoms with Gasteiger partial charge in [0, 0.05) is 19.7 Å². The van der Waals surface area contributed by atoms with Crippen molar-refractivity contribution >= 4 is 5.97 Å². The molecule has 5 nitrogen and oxygen atoms in total. The third kappa shape index (κ3) is 3.44. The van der Waals surface area contributed by atoms with Crippen LogP contribution in [0.4, 0.5) is 0 Å². The predicted octanol–water partition coefficient (Wildman–Crippen LogP) is -0.229. The average Bonchev–Trinajstić information content (AvgIpc) is 2.18. The fourth-order valence-corrected chi connectivity index (χ4v) is 1.70. The Balaban J connectivity index is 2.46. The molecule has 1 atom stereocenters. The largest absolute Gasteiger partial charge is 0.480 e. The van der Waals surface area contributed by atoms with Crippen molar-refractivity contribution in [3.05, 3.63) is 0 Å². The molecule has 0 aliphatic carbocycles. The first-order chi connectivity index (χ1) is 7.07. The molecular weight excluding hydrogens is 196 g/mol. The number of hydrogen-bond donors (Lipinski definition) is 2. The van der Waals surface area contributed by atoms with Crippen LogP contribution in [0.15, 0.2) is 0 Å². The standard InChI is InChI=1S/C10H20N2O3/c1-12(2)6-5-11-10(9(13)14)4-3-7-15-8-10/h11H,3-8H2,1-2H3,(H,13,14). The van der Waals surface area contributed by atoms with Crippen LogP contribution in [0.1, 0.15) is 12.8 Å². The zero-order chi connectivity index (χ0) is 11.3. The summed E-state index contributed by atoms with van der Waals surface area (Å²) in [5.41, 5.74) is -0.867. The molecule has 0 bridgehead atoms. The molecule has 1 saturated heterocycles. The van der Waals surface area contributed by atoms with Crippen molar-refractivity contribution in [2.24, 2.45) is 0 Å². The van der Waals surface area contributed by atoms with Gasteiger partial charge < -0.3 is 14.7 Å². The molecule has 0 saturated carbocycles. The Hall–Kier alpha value is -0.650. The Bertz CT molecular complexity index is 213. The molecule has 1 aliphatic rings. The molecule has 0 aromatic heterocycles. The van der Waals surface area contributed by atoms with E-state index in [1.807, 2.05) is 19.0 Å². The summed E-state index contributed by atoms with van der Waals surface area (Å²) in [4.78, 5) is 13.2. The third-order valence-corrected chi connectivity index (χ3v) is 2.67. The molecule has 0 aromatic carbocycles. The molecule has 1 heterocycles. The molecule has 1 fully saturated rings. The number of ether oxygens (including phenoxy) is 1. The third-order valence-electron chi connectivity index (χ3n) is 2.67. The van der Waals surface area contributed by atoms with Gasteiger partial charge in [0.25, 0.3) is 0 Å². The van der Waals surface area contributed by atoms with Crippen molar-refractivity contribution in [3.63, 3.8) is 0 Å². The molecule has 15 heavy (non-hydrogen) atoms. The number of nitrogens with zero attached hydrogens (tertiary/aromatic N) is 1. The monoisotopic (exact) mass is 216 g/mol. The lowest BCUT2D eigenvalue weighted by Crippen LogP contribution is -2.58. The van der Waals surface area contributed by atoms with Crippen LogP contribution in [0, 0.1) is 0 Å². The molecule has 0 amide bonds. The van der Waals surface area contributed by atoms with Crippen LogP contribution in [0.5, 0.6) is 0 Å². The minimum Gasteiger partial charge on any atom is -0.480 e. The SMILES string of the molecule is CN(C)CCNC1(C(=O)O)CCCOC1. The molecule has 88 valence electrons. The van der Waals surface area contributed by atoms with Crippen LogP contribution in [0.2, 0.25) is 0 Å². The maximum atomic E-state index is 11.2. The maximum absolute atomic E-state index is 11.2. The normalized spacial score (nSPS) is 26.9. The van der Waals surface area contributed by atoms with E-state index in [2.05, 4.69) is 5.32 Å². The highest BCUT2D eigenvalue weighted by Gasteiger charge is 2.39. The number of carboxylic acids is 1. The van der Waals surface area contributed by atoms with Crippen molar-refractivity contribution in [1.29, 1.82) is 0 Å². The Labute approximate surface area is 90.4 Å². The van der Waals surface area contributed by atoms with E-state index in [4.69, 9.17) is 4.74 Å². The molecule has 1 rings (SSSR count). The van der Waals surface area contributed by atoms with Gasteiger partial charge in [-0.3, -0.25) is 10.1 Å². The Morgan fingerprint density at radius 1 is 1.60 bits per heavy atom. The number of carboxylic acid groups (broad SMARTS) is 1. The second kappa shape index (κ2) is 5.44. The molecule has 1 unspecified atom stereocenters. The average molecular weight is 216 g/mol. The van der Waals surface area contributed by atoms with Gasteiger partial charge >= 0.3 is 5.97 Å². The zero-order valence-electron chi connectivity index (χ0n) is 9.45. The van der Waals surface area contributed by atoms with Crippen LogP contribution in [-0.4, -0.2) is 61.9 Å². The Morgan fingerprint density at radius 3 is 2.80 bits per heavy atom. The topological polar surface area (TPSA) is 61.8 Å². The Kier molecular flexibility index (Phi) is 4.50. The molecule has 2 N–H and O–H groups in total. The number of likely N-dealkylation sites (N-methyl/N-ethyl adjacent to an activating group) is 1. The molecule has 0 aromatic rings. The first-order valence-corrected chi connectivity index (χ1v) is 5.28. The van der Waals surface area contributed by atoms with Gasteiger partial charge in [0.1, 0.15) is 5.54 Å². The van der Waals surface area contributed by atoms with E-state index in [-0.39, 0.29) is 6.61 Å². The van der Waals surface area contributed by atoms with E-state index < -0.39 is 11.5 Å². The lowest BCUT2D eigenvalue weighted by Gasteiger charge is -2.34. The van der Waals surface area contributed by atoms with Gasteiger partial charge in [0.15, 0.2) is 0 Å². The fraction of sp³-hybridized carbons (Fsp3) is 0.900. The van der Waals surface area contributed by atoms with Gasteiger partial charge in [-0.15, -0.1) is 0 Å². The van der Waals surface area contributed by atoms with Crippen molar-refractivity contribution < 1.29 is 14.6 Å². The van der Waals surface area contributed by atoms with Crippen LogP contribution >= 0.6 is 0 Å². The van der Waals surface area contributed by atoms with Gasteiger partial charge in [0.05, 0.1) is 6.61 Å². The van der Waals surface area contributed by atoms with Crippen molar-refractivity contribution in [2.75, 3.05) is 40.4 Å². The zero-order valence-corrected chi connectivity index (χ0v) is 9.45. The minimum atomic E-state index is -0.867. The lowest BCUT2D eigenvalue weighted by molar-refractivity contribution is -0.150. The van der Waals surface area contributed by atoms with Gasteiger partial charge in [0.2, 0.25) is 0 Å². The number of aliphatic carboxylic acids is 1. The summed E-state index contributed by atoms with van der Waals surface area (Å²) in [5.74, 6) is -0.805. The highest BCUT2D eigenvalue weighted by Crippen LogP contribution is 2.19. The minimum absolute atomic E-state index is 0.274. The number of carbonyl (C=O) groups is 1. The molecule has 0 radical (unpaired) electrons. The molecular formula is C10H20N2O3. The van der Waals surface area contributed by atoms with Gasteiger partial charge in [-0.1, -0.05) is 0 Å². The lowest BCUT2D eigenvalue weighted by atomic mass is 9.92. The van der Waals surface area contributed by atoms with Crippen LogP contribution in [0.25, 0.3) is 0 Å². The second-order valence-corrected chi connectivity index (χ2v) is 4.27. The molecule has 1 aliphatic heterocycles. The van der Waals surface area contributed by atoms with Crippen molar-refractivity contribution in [3.8, 4) is 0 Å². The summed E-state index contributed by atoms with van der Waals surface area (Å²) in [5, 5.41) is 12.3. The molecule has 5 heteroatoms. The summed E-state index contributed by atoms with van der Waals surface area (Å²) in [6.07, 6.45) is 1.46. The van der Waals surface area contributed by atoms with E-state index in [1.165, 1.54) is 0 Å². The van der Waals surface area contributed by atoms with Gasteiger partial charge in [-0.2, -0.15) is 0 Å². The number of hydrogen-bond acceptors (Lipinski definition) is 4. The Morgan fingerprint density at radius 2 is 2.33 bits per heavy atom. The molecule has 0 spiro atoms. The summed E-state index contributed by atoms with van der Waals surface area (Å²) < 4.78 is 5.25. The first-order valence-electron chi connectivity index (χ1n) is 5.28. The van der Waals surface area contributed by atoms with Crippen LogP contribution < -0.4 is 5.32 Å². The van der Waals surface area contributed by atoms with E-state index in [1.54, 1.807) is 0 Å². The predicted molar refractivity (Wildman–Crippen MR) is 57.0 cm³/mol. The van der Waals surface area contributed by atoms with E-state index in [0.717, 1.165) is 13.0 Å². The summed E-state index contributed by atoms with van der Waals surface area (Å²) in [6, 6.07) is 0. The summed E-state index contributed by atoms with van der Waals surface area (Å²) in [7, 11) is 3.93. The van der Waals surface area contributed by atoms with Crippen molar-refractivity contribution in [2.45, 2.75) is 18.4 Å². The summed E-state index contributed by atoms with van der Waals surface area (Å²) in [6.45, 7) is 2.44.